The van der Waals surface area contributed by atoms with Gasteiger partial charge in [-0.15, -0.1) is 0 Å². The maximum absolute atomic E-state index is 4.92. The van der Waals surface area contributed by atoms with Crippen LogP contribution in [0.1, 0.15) is 38.4 Å². The Labute approximate surface area is 137 Å². The average Bonchev–Trinajstić information content (AvgIpc) is 3.15. The fourth-order valence-corrected chi connectivity index (χ4v) is 4.16. The topological polar surface area (TPSA) is 58.9 Å². The van der Waals surface area contributed by atoms with E-state index in [1.54, 1.807) is 0 Å². The van der Waals surface area contributed by atoms with Crippen LogP contribution in [0.5, 0.6) is 0 Å². The van der Waals surface area contributed by atoms with Crippen molar-refractivity contribution in [1.82, 2.24) is 25.1 Å². The van der Waals surface area contributed by atoms with Gasteiger partial charge in [-0.05, 0) is 32.2 Å². The van der Waals surface area contributed by atoms with E-state index in [4.69, 9.17) is 9.97 Å². The molecule has 1 N–H and O–H groups in total. The van der Waals surface area contributed by atoms with Crippen molar-refractivity contribution in [3.8, 4) is 0 Å². The van der Waals surface area contributed by atoms with Crippen LogP contribution in [0.3, 0.4) is 0 Å². The van der Waals surface area contributed by atoms with Gasteiger partial charge in [-0.2, -0.15) is 5.10 Å². The van der Waals surface area contributed by atoms with Crippen LogP contribution in [0.15, 0.2) is 6.20 Å². The van der Waals surface area contributed by atoms with E-state index in [1.807, 2.05) is 17.9 Å². The van der Waals surface area contributed by atoms with Crippen LogP contribution >= 0.6 is 0 Å². The molecule has 1 atom stereocenters. The van der Waals surface area contributed by atoms with Gasteiger partial charge in [0.1, 0.15) is 11.6 Å². The van der Waals surface area contributed by atoms with Crippen molar-refractivity contribution in [3.63, 3.8) is 0 Å². The Morgan fingerprint density at radius 2 is 2.22 bits per heavy atom. The summed E-state index contributed by atoms with van der Waals surface area (Å²) in [4.78, 5) is 12.1. The SMILES string of the molecule is CCCc1nc(N2CCCC3(CCNC3)C2)c2cnn(C)c2n1. The summed E-state index contributed by atoms with van der Waals surface area (Å²) in [6.45, 7) is 6.67. The van der Waals surface area contributed by atoms with Crippen molar-refractivity contribution >= 4 is 16.9 Å². The van der Waals surface area contributed by atoms with Gasteiger partial charge < -0.3 is 10.2 Å². The van der Waals surface area contributed by atoms with Crippen molar-refractivity contribution in [2.24, 2.45) is 12.5 Å². The third-order valence-corrected chi connectivity index (χ3v) is 5.38. The molecule has 1 unspecified atom stereocenters. The summed E-state index contributed by atoms with van der Waals surface area (Å²) in [6, 6.07) is 0. The van der Waals surface area contributed by atoms with Crippen molar-refractivity contribution < 1.29 is 0 Å². The molecule has 2 aliphatic rings. The minimum absolute atomic E-state index is 0.433. The number of aromatic nitrogens is 4. The Balaban J connectivity index is 1.74. The van der Waals surface area contributed by atoms with E-state index >= 15 is 0 Å². The number of nitrogens with one attached hydrogen (secondary N) is 1. The van der Waals surface area contributed by atoms with Crippen LogP contribution < -0.4 is 10.2 Å². The van der Waals surface area contributed by atoms with Gasteiger partial charge in [0.05, 0.1) is 11.6 Å². The molecular formula is C17H26N6. The minimum atomic E-state index is 0.433. The van der Waals surface area contributed by atoms with Crippen LogP contribution in [0, 0.1) is 5.41 Å². The highest BCUT2D eigenvalue weighted by Crippen LogP contribution is 2.38. The largest absolute Gasteiger partial charge is 0.355 e. The molecule has 0 aliphatic carbocycles. The predicted molar refractivity (Wildman–Crippen MR) is 91.7 cm³/mol. The minimum Gasteiger partial charge on any atom is -0.355 e. The first-order valence-corrected chi connectivity index (χ1v) is 8.85. The quantitative estimate of drug-likeness (QED) is 0.937. The van der Waals surface area contributed by atoms with Crippen molar-refractivity contribution in [1.29, 1.82) is 0 Å². The lowest BCUT2D eigenvalue weighted by Crippen LogP contribution is -2.45. The number of piperidine rings is 1. The first-order chi connectivity index (χ1) is 11.2. The normalized spacial score (nSPS) is 24.9. The number of hydrogen-bond donors (Lipinski definition) is 1. The van der Waals surface area contributed by atoms with Gasteiger partial charge >= 0.3 is 0 Å². The van der Waals surface area contributed by atoms with Crippen LogP contribution in [-0.2, 0) is 13.5 Å². The Kier molecular flexibility index (Phi) is 3.71. The summed E-state index contributed by atoms with van der Waals surface area (Å²) < 4.78 is 1.87. The molecular weight excluding hydrogens is 288 g/mol. The lowest BCUT2D eigenvalue weighted by atomic mass is 9.79. The smallest absolute Gasteiger partial charge is 0.163 e. The first-order valence-electron chi connectivity index (χ1n) is 8.85. The van der Waals surface area contributed by atoms with E-state index in [0.717, 1.165) is 61.7 Å². The number of fused-ring (bicyclic) bond motifs is 1. The summed E-state index contributed by atoms with van der Waals surface area (Å²) in [5, 5.41) is 9.06. The molecule has 0 amide bonds. The lowest BCUT2D eigenvalue weighted by molar-refractivity contribution is 0.260. The van der Waals surface area contributed by atoms with Crippen LogP contribution in [0.4, 0.5) is 5.82 Å². The number of rotatable bonds is 3. The molecule has 2 aliphatic heterocycles. The van der Waals surface area contributed by atoms with E-state index in [9.17, 15) is 0 Å². The highest BCUT2D eigenvalue weighted by molar-refractivity contribution is 5.87. The van der Waals surface area contributed by atoms with Crippen molar-refractivity contribution in [2.45, 2.75) is 39.0 Å². The second kappa shape index (κ2) is 5.74. The van der Waals surface area contributed by atoms with Gasteiger partial charge in [-0.25, -0.2) is 9.97 Å². The highest BCUT2D eigenvalue weighted by atomic mass is 15.3. The van der Waals surface area contributed by atoms with Crippen molar-refractivity contribution in [2.75, 3.05) is 31.1 Å². The van der Waals surface area contributed by atoms with E-state index in [1.165, 1.54) is 19.3 Å². The summed E-state index contributed by atoms with van der Waals surface area (Å²) in [6.07, 6.45) is 7.78. The molecule has 0 aromatic carbocycles. The fraction of sp³-hybridized carbons (Fsp3) is 0.706. The molecule has 2 aromatic rings. The van der Waals surface area contributed by atoms with E-state index < -0.39 is 0 Å². The highest BCUT2D eigenvalue weighted by Gasteiger charge is 2.38. The Morgan fingerprint density at radius 1 is 1.30 bits per heavy atom. The molecule has 23 heavy (non-hydrogen) atoms. The Hall–Kier alpha value is -1.69. The molecule has 2 saturated heterocycles. The molecule has 0 radical (unpaired) electrons. The standard InChI is InChI=1S/C17H26N6/c1-3-5-14-20-15-13(10-19-22(15)2)16(21-14)23-9-4-6-17(12-23)7-8-18-11-17/h10,18H,3-9,11-12H2,1-2H3. The predicted octanol–water partition coefficient (Wildman–Crippen LogP) is 1.90. The first kappa shape index (κ1) is 14.9. The molecule has 0 saturated carbocycles. The average molecular weight is 314 g/mol. The number of nitrogens with zero attached hydrogens (tertiary/aromatic N) is 5. The molecule has 124 valence electrons. The molecule has 0 bridgehead atoms. The molecule has 6 heteroatoms. The Morgan fingerprint density at radius 3 is 3.00 bits per heavy atom. The number of aryl methyl sites for hydroxylation is 2. The Bertz CT molecular complexity index is 700. The zero-order chi connectivity index (χ0) is 15.9. The van der Waals surface area contributed by atoms with E-state index in [-0.39, 0.29) is 0 Å². The number of anilines is 1. The maximum atomic E-state index is 4.92. The second-order valence-electron chi connectivity index (χ2n) is 7.17. The number of hydrogen-bond acceptors (Lipinski definition) is 5. The molecule has 2 aromatic heterocycles. The van der Waals surface area contributed by atoms with Gasteiger partial charge in [0.25, 0.3) is 0 Å². The molecule has 6 nitrogen and oxygen atoms in total. The van der Waals surface area contributed by atoms with Gasteiger partial charge in [0.15, 0.2) is 5.65 Å². The maximum Gasteiger partial charge on any atom is 0.163 e. The third kappa shape index (κ3) is 2.59. The zero-order valence-corrected chi connectivity index (χ0v) is 14.2. The fourth-order valence-electron chi connectivity index (χ4n) is 4.16. The second-order valence-corrected chi connectivity index (χ2v) is 7.17. The summed E-state index contributed by atoms with van der Waals surface area (Å²) >= 11 is 0. The van der Waals surface area contributed by atoms with Gasteiger partial charge in [0, 0.05) is 38.5 Å². The van der Waals surface area contributed by atoms with E-state index in [2.05, 4.69) is 22.2 Å². The lowest BCUT2D eigenvalue weighted by Gasteiger charge is -2.40. The monoisotopic (exact) mass is 314 g/mol. The van der Waals surface area contributed by atoms with Gasteiger partial charge in [-0.3, -0.25) is 4.68 Å². The molecule has 4 heterocycles. The van der Waals surface area contributed by atoms with Crippen molar-refractivity contribution in [3.05, 3.63) is 12.0 Å². The van der Waals surface area contributed by atoms with Crippen LogP contribution in [0.2, 0.25) is 0 Å². The van der Waals surface area contributed by atoms with Gasteiger partial charge in [0.2, 0.25) is 0 Å². The van der Waals surface area contributed by atoms with Crippen LogP contribution in [0.25, 0.3) is 11.0 Å². The summed E-state index contributed by atoms with van der Waals surface area (Å²) in [5.74, 6) is 2.04. The van der Waals surface area contributed by atoms with E-state index in [0.29, 0.717) is 5.41 Å². The molecule has 1 spiro atoms. The summed E-state index contributed by atoms with van der Waals surface area (Å²) in [7, 11) is 1.97. The third-order valence-electron chi connectivity index (χ3n) is 5.38. The molecule has 4 rings (SSSR count). The molecule has 2 fully saturated rings. The zero-order valence-electron chi connectivity index (χ0n) is 14.2. The summed E-state index contributed by atoms with van der Waals surface area (Å²) in [5.41, 5.74) is 1.39. The van der Waals surface area contributed by atoms with Crippen LogP contribution in [-0.4, -0.2) is 45.9 Å². The van der Waals surface area contributed by atoms with Gasteiger partial charge in [-0.1, -0.05) is 6.92 Å².